The molecule has 0 bridgehead atoms. The SMILES string of the molecule is O=c1c2ccc(C#Cc3cccc(F)c3)cc2nc2n1CCC2. The normalized spacial score (nSPS) is 12.7. The van der Waals surface area contributed by atoms with Crippen molar-refractivity contribution in [2.75, 3.05) is 0 Å². The summed E-state index contributed by atoms with van der Waals surface area (Å²) in [4.78, 5) is 17.0. The van der Waals surface area contributed by atoms with Gasteiger partial charge in [0, 0.05) is 24.1 Å². The Bertz CT molecular complexity index is 1040. The highest BCUT2D eigenvalue weighted by Crippen LogP contribution is 2.16. The molecule has 2 aromatic carbocycles. The Hall–Kier alpha value is -2.93. The maximum atomic E-state index is 13.2. The van der Waals surface area contributed by atoms with Crippen molar-refractivity contribution in [2.45, 2.75) is 19.4 Å². The van der Waals surface area contributed by atoms with E-state index < -0.39 is 0 Å². The van der Waals surface area contributed by atoms with Crippen LogP contribution in [0.1, 0.15) is 23.4 Å². The molecule has 0 saturated heterocycles. The first-order valence-electron chi connectivity index (χ1n) is 7.52. The largest absolute Gasteiger partial charge is 0.296 e. The van der Waals surface area contributed by atoms with Crippen LogP contribution in [-0.4, -0.2) is 9.55 Å². The van der Waals surface area contributed by atoms with E-state index in [4.69, 9.17) is 0 Å². The standard InChI is InChI=1S/C19H13FN2O/c20-15-4-1-3-13(11-15)6-7-14-8-9-16-17(12-14)21-18-5-2-10-22(18)19(16)23/h1,3-4,8-9,11-12H,2,5,10H2. The van der Waals surface area contributed by atoms with Gasteiger partial charge in [0.05, 0.1) is 10.9 Å². The van der Waals surface area contributed by atoms with Crippen molar-refractivity contribution in [3.8, 4) is 11.8 Å². The monoisotopic (exact) mass is 304 g/mol. The van der Waals surface area contributed by atoms with Crippen LogP contribution >= 0.6 is 0 Å². The molecule has 0 radical (unpaired) electrons. The van der Waals surface area contributed by atoms with Gasteiger partial charge in [0.1, 0.15) is 11.6 Å². The van der Waals surface area contributed by atoms with Gasteiger partial charge in [0.15, 0.2) is 0 Å². The van der Waals surface area contributed by atoms with E-state index in [0.717, 1.165) is 30.8 Å². The van der Waals surface area contributed by atoms with Gasteiger partial charge in [-0.05, 0) is 42.8 Å². The second kappa shape index (κ2) is 5.36. The van der Waals surface area contributed by atoms with Crippen molar-refractivity contribution in [2.24, 2.45) is 0 Å². The van der Waals surface area contributed by atoms with Gasteiger partial charge in [-0.3, -0.25) is 9.36 Å². The van der Waals surface area contributed by atoms with Crippen molar-refractivity contribution in [3.63, 3.8) is 0 Å². The number of halogens is 1. The zero-order chi connectivity index (χ0) is 15.8. The summed E-state index contributed by atoms with van der Waals surface area (Å²) in [5, 5.41) is 0.618. The third-order valence-electron chi connectivity index (χ3n) is 3.99. The molecular weight excluding hydrogens is 291 g/mol. The summed E-state index contributed by atoms with van der Waals surface area (Å²) in [6.45, 7) is 0.748. The minimum Gasteiger partial charge on any atom is -0.296 e. The molecule has 0 N–H and O–H groups in total. The van der Waals surface area contributed by atoms with E-state index in [9.17, 15) is 9.18 Å². The van der Waals surface area contributed by atoms with E-state index >= 15 is 0 Å². The topological polar surface area (TPSA) is 34.9 Å². The van der Waals surface area contributed by atoms with Gasteiger partial charge in [-0.1, -0.05) is 17.9 Å². The number of hydrogen-bond donors (Lipinski definition) is 0. The van der Waals surface area contributed by atoms with Crippen molar-refractivity contribution in [3.05, 3.63) is 75.6 Å². The molecule has 3 nitrogen and oxygen atoms in total. The summed E-state index contributed by atoms with van der Waals surface area (Å²) in [7, 11) is 0. The molecule has 0 amide bonds. The van der Waals surface area contributed by atoms with Gasteiger partial charge in [0.25, 0.3) is 5.56 Å². The number of benzene rings is 2. The average Bonchev–Trinajstić information content (AvgIpc) is 3.02. The Balaban J connectivity index is 1.78. The summed E-state index contributed by atoms with van der Waals surface area (Å²) in [5.41, 5.74) is 2.07. The van der Waals surface area contributed by atoms with Crippen LogP contribution in [0.3, 0.4) is 0 Å². The van der Waals surface area contributed by atoms with Crippen LogP contribution in [0.4, 0.5) is 4.39 Å². The molecule has 0 saturated carbocycles. The smallest absolute Gasteiger partial charge is 0.261 e. The molecule has 4 rings (SSSR count). The fourth-order valence-corrected chi connectivity index (χ4v) is 2.87. The Morgan fingerprint density at radius 2 is 1.91 bits per heavy atom. The predicted octanol–water partition coefficient (Wildman–Crippen LogP) is 2.88. The first kappa shape index (κ1) is 13.7. The van der Waals surface area contributed by atoms with Gasteiger partial charge < -0.3 is 0 Å². The van der Waals surface area contributed by atoms with E-state index in [1.54, 1.807) is 28.8 Å². The maximum absolute atomic E-state index is 13.2. The Morgan fingerprint density at radius 1 is 1.09 bits per heavy atom. The number of fused-ring (bicyclic) bond motifs is 2. The van der Waals surface area contributed by atoms with E-state index in [1.807, 2.05) is 6.07 Å². The number of aromatic nitrogens is 2. The van der Waals surface area contributed by atoms with E-state index in [-0.39, 0.29) is 11.4 Å². The van der Waals surface area contributed by atoms with Gasteiger partial charge >= 0.3 is 0 Å². The average molecular weight is 304 g/mol. The number of nitrogens with zero attached hydrogens (tertiary/aromatic N) is 2. The minimum absolute atomic E-state index is 0.0205. The van der Waals surface area contributed by atoms with Crippen molar-refractivity contribution in [1.82, 2.24) is 9.55 Å². The third kappa shape index (κ3) is 2.51. The van der Waals surface area contributed by atoms with E-state index in [2.05, 4.69) is 16.8 Å². The molecule has 2 heterocycles. The molecule has 1 aromatic heterocycles. The summed E-state index contributed by atoms with van der Waals surface area (Å²) in [5.74, 6) is 6.47. The fourth-order valence-electron chi connectivity index (χ4n) is 2.87. The van der Waals surface area contributed by atoms with Crippen LogP contribution in [0, 0.1) is 17.7 Å². The number of hydrogen-bond acceptors (Lipinski definition) is 2. The maximum Gasteiger partial charge on any atom is 0.261 e. The van der Waals surface area contributed by atoms with Gasteiger partial charge in [-0.2, -0.15) is 0 Å². The predicted molar refractivity (Wildman–Crippen MR) is 86.7 cm³/mol. The van der Waals surface area contributed by atoms with Crippen LogP contribution in [-0.2, 0) is 13.0 Å². The molecular formula is C19H13FN2O. The summed E-state index contributed by atoms with van der Waals surface area (Å²) < 4.78 is 14.9. The van der Waals surface area contributed by atoms with Gasteiger partial charge in [0.2, 0.25) is 0 Å². The van der Waals surface area contributed by atoms with E-state index in [1.165, 1.54) is 12.1 Å². The Kier molecular flexibility index (Phi) is 3.20. The second-order valence-corrected chi connectivity index (χ2v) is 5.58. The minimum atomic E-state index is -0.305. The number of rotatable bonds is 0. The third-order valence-corrected chi connectivity index (χ3v) is 3.99. The van der Waals surface area contributed by atoms with Gasteiger partial charge in [-0.15, -0.1) is 0 Å². The van der Waals surface area contributed by atoms with Gasteiger partial charge in [-0.25, -0.2) is 9.37 Å². The van der Waals surface area contributed by atoms with Crippen LogP contribution in [0.25, 0.3) is 10.9 Å². The number of aryl methyl sites for hydroxylation is 1. The Morgan fingerprint density at radius 3 is 2.74 bits per heavy atom. The fraction of sp³-hybridized carbons (Fsp3) is 0.158. The molecule has 0 fully saturated rings. The highest BCUT2D eigenvalue weighted by Gasteiger charge is 2.15. The lowest BCUT2D eigenvalue weighted by molar-refractivity contribution is 0.627. The van der Waals surface area contributed by atoms with Crippen molar-refractivity contribution >= 4 is 10.9 Å². The van der Waals surface area contributed by atoms with Crippen molar-refractivity contribution in [1.29, 1.82) is 0 Å². The summed E-state index contributed by atoms with van der Waals surface area (Å²) in [6.07, 6.45) is 1.80. The molecule has 1 aliphatic heterocycles. The van der Waals surface area contributed by atoms with Crippen LogP contribution in [0.5, 0.6) is 0 Å². The molecule has 0 unspecified atom stereocenters. The van der Waals surface area contributed by atoms with Crippen molar-refractivity contribution < 1.29 is 4.39 Å². The van der Waals surface area contributed by atoms with E-state index in [0.29, 0.717) is 16.5 Å². The molecule has 0 spiro atoms. The van der Waals surface area contributed by atoms with Crippen LogP contribution in [0.2, 0.25) is 0 Å². The molecule has 0 atom stereocenters. The second-order valence-electron chi connectivity index (χ2n) is 5.58. The molecule has 4 heteroatoms. The highest BCUT2D eigenvalue weighted by molar-refractivity contribution is 5.79. The lowest BCUT2D eigenvalue weighted by Gasteiger charge is -2.04. The quantitative estimate of drug-likeness (QED) is 0.599. The molecule has 112 valence electrons. The summed E-state index contributed by atoms with van der Waals surface area (Å²) >= 11 is 0. The Labute approximate surface area is 132 Å². The van der Waals surface area contributed by atoms with Crippen LogP contribution in [0.15, 0.2) is 47.3 Å². The zero-order valence-corrected chi connectivity index (χ0v) is 12.3. The first-order chi connectivity index (χ1) is 11.2. The first-order valence-corrected chi connectivity index (χ1v) is 7.52. The molecule has 1 aliphatic rings. The lowest BCUT2D eigenvalue weighted by atomic mass is 10.1. The highest BCUT2D eigenvalue weighted by atomic mass is 19.1. The lowest BCUT2D eigenvalue weighted by Crippen LogP contribution is -2.20. The zero-order valence-electron chi connectivity index (χ0n) is 12.3. The molecule has 3 aromatic rings. The molecule has 0 aliphatic carbocycles. The van der Waals surface area contributed by atoms with Crippen LogP contribution < -0.4 is 5.56 Å². The summed E-state index contributed by atoms with van der Waals surface area (Å²) in [6, 6.07) is 11.6. The molecule has 23 heavy (non-hydrogen) atoms.